The molecule has 4 aromatic rings. The standard InChI is InChI=1S/C23H17ClFN5O2S/c1-23(2,11-26)13-5-3-4-12(8-13)20(31)28-17-10-18(14(24)9-15(17)25)32-19-7-6-16-21(30-19)33-22(27)29-16/h3-10H,1-2H3,(H2,27,29)(H,28,31). The van der Waals surface area contributed by atoms with Gasteiger partial charge in [0.2, 0.25) is 5.88 Å². The van der Waals surface area contributed by atoms with E-state index in [2.05, 4.69) is 21.4 Å². The highest BCUT2D eigenvalue weighted by atomic mass is 35.5. The number of nitrogens with two attached hydrogens (primary N) is 1. The molecule has 0 aliphatic rings. The van der Waals surface area contributed by atoms with E-state index in [0.29, 0.717) is 21.0 Å². The molecule has 0 saturated heterocycles. The highest BCUT2D eigenvalue weighted by molar-refractivity contribution is 7.21. The van der Waals surface area contributed by atoms with E-state index in [1.165, 1.54) is 17.4 Å². The number of nitrogens with zero attached hydrogens (tertiary/aromatic N) is 3. The van der Waals surface area contributed by atoms with Crippen molar-refractivity contribution in [3.63, 3.8) is 0 Å². The quantitative estimate of drug-likeness (QED) is 0.366. The molecular formula is C23H17ClFN5O2S. The van der Waals surface area contributed by atoms with Crippen molar-refractivity contribution in [2.24, 2.45) is 0 Å². The summed E-state index contributed by atoms with van der Waals surface area (Å²) in [7, 11) is 0. The molecule has 7 nitrogen and oxygen atoms in total. The Morgan fingerprint density at radius 1 is 1.24 bits per heavy atom. The van der Waals surface area contributed by atoms with Crippen LogP contribution in [0.4, 0.5) is 15.2 Å². The Labute approximate surface area is 197 Å². The Kier molecular flexibility index (Phi) is 5.89. The Morgan fingerprint density at radius 3 is 2.79 bits per heavy atom. The van der Waals surface area contributed by atoms with Crippen molar-refractivity contribution < 1.29 is 13.9 Å². The molecule has 2 heterocycles. The van der Waals surface area contributed by atoms with Gasteiger partial charge in [-0.15, -0.1) is 0 Å². The van der Waals surface area contributed by atoms with Crippen LogP contribution >= 0.6 is 22.9 Å². The molecule has 1 amide bonds. The molecule has 0 spiro atoms. The summed E-state index contributed by atoms with van der Waals surface area (Å²) in [6, 6.07) is 14.4. The van der Waals surface area contributed by atoms with Crippen molar-refractivity contribution in [1.29, 1.82) is 5.26 Å². The Hall–Kier alpha value is -3.74. The summed E-state index contributed by atoms with van der Waals surface area (Å²) in [5, 5.41) is 12.3. The summed E-state index contributed by atoms with van der Waals surface area (Å²) in [5.74, 6) is -0.953. The van der Waals surface area contributed by atoms with E-state index in [1.807, 2.05) is 0 Å². The van der Waals surface area contributed by atoms with Gasteiger partial charge in [-0.05, 0) is 43.7 Å². The number of halogens is 2. The summed E-state index contributed by atoms with van der Waals surface area (Å²) < 4.78 is 20.3. The molecule has 0 aliphatic heterocycles. The number of nitriles is 1. The van der Waals surface area contributed by atoms with Crippen LogP contribution in [-0.4, -0.2) is 15.9 Å². The van der Waals surface area contributed by atoms with Crippen LogP contribution in [0.25, 0.3) is 10.3 Å². The van der Waals surface area contributed by atoms with Gasteiger partial charge in [0, 0.05) is 17.7 Å². The number of rotatable bonds is 5. The number of hydrogen-bond acceptors (Lipinski definition) is 7. The predicted molar refractivity (Wildman–Crippen MR) is 126 cm³/mol. The van der Waals surface area contributed by atoms with E-state index in [9.17, 15) is 14.4 Å². The van der Waals surface area contributed by atoms with Crippen molar-refractivity contribution in [2.45, 2.75) is 19.3 Å². The Morgan fingerprint density at radius 2 is 2.03 bits per heavy atom. The summed E-state index contributed by atoms with van der Waals surface area (Å²) in [5.41, 5.74) is 6.38. The average molecular weight is 482 g/mol. The predicted octanol–water partition coefficient (Wildman–Crippen LogP) is 5.91. The first-order valence-corrected chi connectivity index (χ1v) is 10.9. The number of thiazole rings is 1. The number of ether oxygens (including phenoxy) is 1. The molecule has 0 fully saturated rings. The van der Waals surface area contributed by atoms with Crippen molar-refractivity contribution in [2.75, 3.05) is 11.1 Å². The van der Waals surface area contributed by atoms with Crippen LogP contribution in [0.3, 0.4) is 0 Å². The number of anilines is 2. The third-order valence-electron chi connectivity index (χ3n) is 4.86. The fourth-order valence-electron chi connectivity index (χ4n) is 3.00. The van der Waals surface area contributed by atoms with Crippen LogP contribution in [0.5, 0.6) is 11.6 Å². The van der Waals surface area contributed by atoms with Gasteiger partial charge >= 0.3 is 0 Å². The van der Waals surface area contributed by atoms with Gasteiger partial charge in [0.1, 0.15) is 21.9 Å². The summed E-state index contributed by atoms with van der Waals surface area (Å²) in [4.78, 5) is 21.8. The average Bonchev–Trinajstić information content (AvgIpc) is 3.16. The number of fused-ring (bicyclic) bond motifs is 1. The number of aromatic nitrogens is 2. The third-order valence-corrected chi connectivity index (χ3v) is 5.95. The molecule has 0 saturated carbocycles. The van der Waals surface area contributed by atoms with Gasteiger partial charge in [0.25, 0.3) is 5.91 Å². The van der Waals surface area contributed by atoms with Crippen LogP contribution in [0.15, 0.2) is 48.5 Å². The molecule has 33 heavy (non-hydrogen) atoms. The number of benzene rings is 2. The zero-order valence-electron chi connectivity index (χ0n) is 17.5. The minimum atomic E-state index is -0.778. The van der Waals surface area contributed by atoms with Gasteiger partial charge in [0.15, 0.2) is 5.13 Å². The van der Waals surface area contributed by atoms with E-state index >= 15 is 0 Å². The van der Waals surface area contributed by atoms with Crippen LogP contribution < -0.4 is 15.8 Å². The minimum absolute atomic E-state index is 0.00832. The number of nitrogen functional groups attached to an aromatic ring is 1. The molecule has 10 heteroatoms. The second kappa shape index (κ2) is 8.65. The van der Waals surface area contributed by atoms with Crippen LogP contribution in [0.2, 0.25) is 5.02 Å². The lowest BCUT2D eigenvalue weighted by Gasteiger charge is -2.17. The molecular weight excluding hydrogens is 465 g/mol. The van der Waals surface area contributed by atoms with Crippen molar-refractivity contribution in [3.8, 4) is 17.7 Å². The SMILES string of the molecule is CC(C)(C#N)c1cccc(C(=O)Nc2cc(Oc3ccc4nc(N)sc4n3)c(Cl)cc2F)c1. The topological polar surface area (TPSA) is 114 Å². The first-order chi connectivity index (χ1) is 15.7. The molecule has 2 aromatic carbocycles. The summed E-state index contributed by atoms with van der Waals surface area (Å²) in [6.45, 7) is 3.50. The van der Waals surface area contributed by atoms with Crippen molar-refractivity contribution >= 4 is 50.0 Å². The Bertz CT molecular complexity index is 1430. The molecule has 4 rings (SSSR count). The smallest absolute Gasteiger partial charge is 0.255 e. The zero-order valence-corrected chi connectivity index (χ0v) is 19.1. The van der Waals surface area contributed by atoms with E-state index < -0.39 is 17.1 Å². The fourth-order valence-corrected chi connectivity index (χ4v) is 3.88. The molecule has 0 bridgehead atoms. The highest BCUT2D eigenvalue weighted by Gasteiger charge is 2.21. The van der Waals surface area contributed by atoms with Gasteiger partial charge in [0.05, 0.1) is 22.2 Å². The Balaban J connectivity index is 1.60. The van der Waals surface area contributed by atoms with Gasteiger partial charge < -0.3 is 15.8 Å². The minimum Gasteiger partial charge on any atom is -0.437 e. The lowest BCUT2D eigenvalue weighted by Crippen LogP contribution is -2.17. The van der Waals surface area contributed by atoms with Gasteiger partial charge in [-0.25, -0.2) is 14.4 Å². The fraction of sp³-hybridized carbons (Fsp3) is 0.130. The first-order valence-electron chi connectivity index (χ1n) is 9.69. The first kappa shape index (κ1) is 22.5. The molecule has 0 radical (unpaired) electrons. The van der Waals surface area contributed by atoms with Crippen molar-refractivity contribution in [1.82, 2.24) is 9.97 Å². The van der Waals surface area contributed by atoms with E-state index in [-0.39, 0.29) is 27.9 Å². The largest absolute Gasteiger partial charge is 0.437 e. The molecule has 2 aromatic heterocycles. The number of carbonyl (C=O) groups is 1. The molecule has 0 atom stereocenters. The number of nitrogens with one attached hydrogen (secondary N) is 1. The molecule has 3 N–H and O–H groups in total. The van der Waals surface area contributed by atoms with Gasteiger partial charge in [-0.2, -0.15) is 5.26 Å². The van der Waals surface area contributed by atoms with E-state index in [4.69, 9.17) is 22.1 Å². The number of amides is 1. The van der Waals surface area contributed by atoms with Crippen LogP contribution in [0.1, 0.15) is 29.8 Å². The van der Waals surface area contributed by atoms with E-state index in [1.54, 1.807) is 50.2 Å². The molecule has 0 aliphatic carbocycles. The number of pyridine rings is 1. The second-order valence-electron chi connectivity index (χ2n) is 7.66. The van der Waals surface area contributed by atoms with Crippen LogP contribution in [-0.2, 0) is 5.41 Å². The highest BCUT2D eigenvalue weighted by Crippen LogP contribution is 2.35. The number of carbonyl (C=O) groups excluding carboxylic acids is 1. The second-order valence-corrected chi connectivity index (χ2v) is 9.08. The van der Waals surface area contributed by atoms with Crippen LogP contribution in [0, 0.1) is 17.1 Å². The van der Waals surface area contributed by atoms with Gasteiger partial charge in [-0.1, -0.05) is 35.1 Å². The monoisotopic (exact) mass is 481 g/mol. The lowest BCUT2D eigenvalue weighted by atomic mass is 9.85. The zero-order chi connectivity index (χ0) is 23.8. The maximum atomic E-state index is 14.5. The lowest BCUT2D eigenvalue weighted by molar-refractivity contribution is 0.102. The molecule has 166 valence electrons. The number of hydrogen-bond donors (Lipinski definition) is 2. The maximum absolute atomic E-state index is 14.5. The maximum Gasteiger partial charge on any atom is 0.255 e. The summed E-state index contributed by atoms with van der Waals surface area (Å²) >= 11 is 7.35. The summed E-state index contributed by atoms with van der Waals surface area (Å²) in [6.07, 6.45) is 0. The molecule has 0 unspecified atom stereocenters. The van der Waals surface area contributed by atoms with Crippen molar-refractivity contribution in [3.05, 3.63) is 70.5 Å². The van der Waals surface area contributed by atoms with Gasteiger partial charge in [-0.3, -0.25) is 4.79 Å². The van der Waals surface area contributed by atoms with E-state index in [0.717, 1.165) is 6.07 Å². The normalized spacial score (nSPS) is 11.2. The third kappa shape index (κ3) is 4.72.